The van der Waals surface area contributed by atoms with E-state index >= 15 is 0 Å². The highest BCUT2D eigenvalue weighted by atomic mass is 15.1. The van der Waals surface area contributed by atoms with Gasteiger partial charge in [-0.05, 0) is 25.3 Å². The summed E-state index contributed by atoms with van der Waals surface area (Å²) in [5, 5.41) is 3.60. The van der Waals surface area contributed by atoms with E-state index in [0.29, 0.717) is 0 Å². The summed E-state index contributed by atoms with van der Waals surface area (Å²) in [6.07, 6.45) is 9.62. The minimum atomic E-state index is 0.909. The van der Waals surface area contributed by atoms with Crippen molar-refractivity contribution in [3.63, 3.8) is 0 Å². The highest BCUT2D eigenvalue weighted by molar-refractivity contribution is 5.55. The highest BCUT2D eigenvalue weighted by Gasteiger charge is 2.13. The van der Waals surface area contributed by atoms with Gasteiger partial charge >= 0.3 is 0 Å². The first kappa shape index (κ1) is 13.4. The molecule has 3 heteroatoms. The van der Waals surface area contributed by atoms with Crippen LogP contribution in [0.2, 0.25) is 0 Å². The van der Waals surface area contributed by atoms with Gasteiger partial charge in [0, 0.05) is 31.0 Å². The third kappa shape index (κ3) is 3.28. The fourth-order valence-electron chi connectivity index (χ4n) is 3.06. The van der Waals surface area contributed by atoms with E-state index in [1.807, 2.05) is 12.3 Å². The lowest BCUT2D eigenvalue weighted by molar-refractivity contribution is 0.477. The van der Waals surface area contributed by atoms with Gasteiger partial charge in [-0.2, -0.15) is 0 Å². The Labute approximate surface area is 121 Å². The molecular formula is C17H23N3. The minimum Gasteiger partial charge on any atom is -0.330 e. The van der Waals surface area contributed by atoms with E-state index in [1.165, 1.54) is 37.8 Å². The lowest BCUT2D eigenvalue weighted by Crippen LogP contribution is -2.25. The Kier molecular flexibility index (Phi) is 4.49. The zero-order chi connectivity index (χ0) is 13.6. The Morgan fingerprint density at radius 2 is 1.95 bits per heavy atom. The molecule has 2 aromatic rings. The molecule has 0 atom stereocenters. The van der Waals surface area contributed by atoms with E-state index in [9.17, 15) is 0 Å². The van der Waals surface area contributed by atoms with Crippen LogP contribution in [0, 0.1) is 5.92 Å². The van der Waals surface area contributed by atoms with Gasteiger partial charge in [-0.1, -0.05) is 43.2 Å². The van der Waals surface area contributed by atoms with Crippen LogP contribution < -0.4 is 5.32 Å². The molecule has 1 aliphatic rings. The molecule has 0 bridgehead atoms. The molecule has 1 heterocycles. The van der Waals surface area contributed by atoms with Crippen molar-refractivity contribution in [3.8, 4) is 11.4 Å². The smallest absolute Gasteiger partial charge is 0.139 e. The van der Waals surface area contributed by atoms with Crippen LogP contribution >= 0.6 is 0 Å². The molecule has 3 nitrogen and oxygen atoms in total. The van der Waals surface area contributed by atoms with Gasteiger partial charge in [0.1, 0.15) is 5.82 Å². The average molecular weight is 269 g/mol. The van der Waals surface area contributed by atoms with Gasteiger partial charge in [-0.15, -0.1) is 0 Å². The quantitative estimate of drug-likeness (QED) is 0.815. The van der Waals surface area contributed by atoms with E-state index in [2.05, 4.69) is 45.3 Å². The van der Waals surface area contributed by atoms with E-state index in [1.54, 1.807) is 0 Å². The van der Waals surface area contributed by atoms with Crippen molar-refractivity contribution >= 4 is 0 Å². The largest absolute Gasteiger partial charge is 0.330 e. The molecule has 0 saturated heterocycles. The van der Waals surface area contributed by atoms with Crippen LogP contribution in [-0.4, -0.2) is 22.6 Å². The fraction of sp³-hybridized carbons (Fsp3) is 0.471. The molecule has 0 amide bonds. The SMILES string of the molecule is c1ccc(-c2nccn2CCNCC2CCCC2)cc1. The van der Waals surface area contributed by atoms with E-state index in [4.69, 9.17) is 0 Å². The molecule has 0 radical (unpaired) electrons. The fourth-order valence-corrected chi connectivity index (χ4v) is 3.06. The number of rotatable bonds is 6. The summed E-state index contributed by atoms with van der Waals surface area (Å²) in [5.74, 6) is 1.97. The van der Waals surface area contributed by atoms with Crippen molar-refractivity contribution in [2.24, 2.45) is 5.92 Å². The average Bonchev–Trinajstić information content (AvgIpc) is 3.16. The van der Waals surface area contributed by atoms with Crippen LogP contribution in [0.3, 0.4) is 0 Å². The molecule has 1 aromatic carbocycles. The Bertz CT molecular complexity index is 512. The van der Waals surface area contributed by atoms with Crippen LogP contribution in [0.1, 0.15) is 25.7 Å². The minimum absolute atomic E-state index is 0.909. The second-order valence-electron chi connectivity index (χ2n) is 5.66. The van der Waals surface area contributed by atoms with Gasteiger partial charge in [0.05, 0.1) is 0 Å². The van der Waals surface area contributed by atoms with Gasteiger partial charge in [0.15, 0.2) is 0 Å². The molecule has 1 aliphatic carbocycles. The monoisotopic (exact) mass is 269 g/mol. The van der Waals surface area contributed by atoms with Crippen molar-refractivity contribution in [3.05, 3.63) is 42.7 Å². The topological polar surface area (TPSA) is 29.9 Å². The van der Waals surface area contributed by atoms with Gasteiger partial charge in [-0.25, -0.2) is 4.98 Å². The summed E-state index contributed by atoms with van der Waals surface area (Å²) in [4.78, 5) is 4.48. The number of nitrogens with one attached hydrogen (secondary N) is 1. The number of nitrogens with zero attached hydrogens (tertiary/aromatic N) is 2. The standard InChI is InChI=1S/C17H23N3/c1-2-8-16(9-3-1)17-19-11-13-20(17)12-10-18-14-15-6-4-5-7-15/h1-3,8-9,11,13,15,18H,4-7,10,12,14H2. The van der Waals surface area contributed by atoms with Crippen LogP contribution in [0.25, 0.3) is 11.4 Å². The zero-order valence-electron chi connectivity index (χ0n) is 12.0. The number of hydrogen-bond acceptors (Lipinski definition) is 2. The zero-order valence-corrected chi connectivity index (χ0v) is 12.0. The second-order valence-corrected chi connectivity index (χ2v) is 5.66. The van der Waals surface area contributed by atoms with Crippen LogP contribution in [0.4, 0.5) is 0 Å². The van der Waals surface area contributed by atoms with Gasteiger partial charge < -0.3 is 9.88 Å². The van der Waals surface area contributed by atoms with Crippen LogP contribution in [0.5, 0.6) is 0 Å². The molecular weight excluding hydrogens is 246 g/mol. The second kappa shape index (κ2) is 6.71. The normalized spacial score (nSPS) is 15.8. The first-order valence-electron chi connectivity index (χ1n) is 7.71. The van der Waals surface area contributed by atoms with Crippen molar-refractivity contribution in [2.45, 2.75) is 32.2 Å². The van der Waals surface area contributed by atoms with Crippen molar-refractivity contribution in [1.82, 2.24) is 14.9 Å². The predicted octanol–water partition coefficient (Wildman–Crippen LogP) is 3.33. The van der Waals surface area contributed by atoms with Gasteiger partial charge in [0.2, 0.25) is 0 Å². The summed E-state index contributed by atoms with van der Waals surface area (Å²) in [6, 6.07) is 10.4. The summed E-state index contributed by atoms with van der Waals surface area (Å²) in [5.41, 5.74) is 1.19. The number of benzene rings is 1. The van der Waals surface area contributed by atoms with Crippen LogP contribution in [-0.2, 0) is 6.54 Å². The van der Waals surface area contributed by atoms with Crippen molar-refractivity contribution in [1.29, 1.82) is 0 Å². The van der Waals surface area contributed by atoms with E-state index in [-0.39, 0.29) is 0 Å². The number of hydrogen-bond donors (Lipinski definition) is 1. The van der Waals surface area contributed by atoms with E-state index in [0.717, 1.165) is 24.8 Å². The third-order valence-corrected chi connectivity index (χ3v) is 4.18. The Morgan fingerprint density at radius 1 is 1.15 bits per heavy atom. The molecule has 0 unspecified atom stereocenters. The molecule has 20 heavy (non-hydrogen) atoms. The van der Waals surface area contributed by atoms with Gasteiger partial charge in [0.25, 0.3) is 0 Å². The first-order valence-corrected chi connectivity index (χ1v) is 7.71. The molecule has 1 fully saturated rings. The molecule has 1 saturated carbocycles. The predicted molar refractivity (Wildman–Crippen MR) is 82.5 cm³/mol. The summed E-state index contributed by atoms with van der Waals surface area (Å²) < 4.78 is 2.23. The highest BCUT2D eigenvalue weighted by Crippen LogP contribution is 2.23. The maximum Gasteiger partial charge on any atom is 0.139 e. The van der Waals surface area contributed by atoms with Crippen molar-refractivity contribution in [2.75, 3.05) is 13.1 Å². The molecule has 3 rings (SSSR count). The first-order chi connectivity index (χ1) is 9.93. The molecule has 1 aromatic heterocycles. The Hall–Kier alpha value is -1.61. The maximum absolute atomic E-state index is 4.48. The summed E-state index contributed by atoms with van der Waals surface area (Å²) >= 11 is 0. The molecule has 106 valence electrons. The van der Waals surface area contributed by atoms with E-state index < -0.39 is 0 Å². The van der Waals surface area contributed by atoms with Crippen LogP contribution in [0.15, 0.2) is 42.7 Å². The number of aromatic nitrogens is 2. The Morgan fingerprint density at radius 3 is 2.75 bits per heavy atom. The van der Waals surface area contributed by atoms with Crippen molar-refractivity contribution < 1.29 is 0 Å². The summed E-state index contributed by atoms with van der Waals surface area (Å²) in [6.45, 7) is 3.18. The Balaban J connectivity index is 1.52. The molecule has 0 spiro atoms. The number of imidazole rings is 1. The molecule has 0 aliphatic heterocycles. The molecule has 1 N–H and O–H groups in total. The van der Waals surface area contributed by atoms with Gasteiger partial charge in [-0.3, -0.25) is 0 Å². The third-order valence-electron chi connectivity index (χ3n) is 4.18. The lowest BCUT2D eigenvalue weighted by atomic mass is 10.1. The lowest BCUT2D eigenvalue weighted by Gasteiger charge is -2.12. The maximum atomic E-state index is 4.48. The summed E-state index contributed by atoms with van der Waals surface area (Å²) in [7, 11) is 0.